The van der Waals surface area contributed by atoms with Gasteiger partial charge in [-0.25, -0.2) is 0 Å². The largest absolute Gasteiger partial charge is 0.378 e. The molecule has 3 heterocycles. The van der Waals surface area contributed by atoms with E-state index in [9.17, 15) is 0 Å². The van der Waals surface area contributed by atoms with Gasteiger partial charge in [0.1, 0.15) is 0 Å². The number of piperidine rings is 1. The van der Waals surface area contributed by atoms with Gasteiger partial charge in [0.05, 0.1) is 19.3 Å². The molecule has 0 amide bonds. The van der Waals surface area contributed by atoms with Gasteiger partial charge < -0.3 is 14.6 Å². The highest BCUT2D eigenvalue weighted by atomic mass is 16.5. The van der Waals surface area contributed by atoms with Crippen molar-refractivity contribution >= 4 is 0 Å². The summed E-state index contributed by atoms with van der Waals surface area (Å²) in [6.45, 7) is 9.96. The molecule has 0 spiro atoms. The number of nitrogens with zero attached hydrogens (tertiary/aromatic N) is 3. The molecule has 2 fully saturated rings. The summed E-state index contributed by atoms with van der Waals surface area (Å²) in [5, 5.41) is 7.61. The molecule has 6 nitrogen and oxygen atoms in total. The summed E-state index contributed by atoms with van der Waals surface area (Å²) in [7, 11) is 0. The lowest BCUT2D eigenvalue weighted by molar-refractivity contribution is -0.0210. The smallest absolute Gasteiger partial charge is 0.229 e. The molecule has 0 aromatic carbocycles. The molecule has 0 aliphatic carbocycles. The fourth-order valence-electron chi connectivity index (χ4n) is 3.11. The summed E-state index contributed by atoms with van der Waals surface area (Å²) in [5.41, 5.74) is 0. The van der Waals surface area contributed by atoms with Crippen molar-refractivity contribution in [1.29, 1.82) is 0 Å². The van der Waals surface area contributed by atoms with Gasteiger partial charge in [-0.15, -0.1) is 0 Å². The normalized spacial score (nSPS) is 25.6. The summed E-state index contributed by atoms with van der Waals surface area (Å²) in [6, 6.07) is 0.143. The third kappa shape index (κ3) is 3.62. The first-order chi connectivity index (χ1) is 10.2. The second kappa shape index (κ2) is 6.85. The van der Waals surface area contributed by atoms with E-state index in [0.717, 1.165) is 50.4 Å². The first-order valence-electron chi connectivity index (χ1n) is 8.10. The molecule has 0 bridgehead atoms. The average Bonchev–Trinajstić information content (AvgIpc) is 2.99. The topological polar surface area (TPSA) is 63.4 Å². The summed E-state index contributed by atoms with van der Waals surface area (Å²) in [4.78, 5) is 7.05. The van der Waals surface area contributed by atoms with E-state index in [1.54, 1.807) is 0 Å². The number of ether oxygens (including phenoxy) is 1. The highest BCUT2D eigenvalue weighted by Crippen LogP contribution is 2.26. The summed E-state index contributed by atoms with van der Waals surface area (Å²) in [6.07, 6.45) is 2.52. The Labute approximate surface area is 126 Å². The molecule has 6 heteroatoms. The highest BCUT2D eigenvalue weighted by Gasteiger charge is 2.31. The van der Waals surface area contributed by atoms with Gasteiger partial charge in [-0.05, 0) is 31.8 Å². The van der Waals surface area contributed by atoms with E-state index in [1.807, 2.05) is 0 Å². The Balaban J connectivity index is 1.67. The summed E-state index contributed by atoms with van der Waals surface area (Å²) >= 11 is 0. The van der Waals surface area contributed by atoms with Crippen LogP contribution in [-0.2, 0) is 4.74 Å². The van der Waals surface area contributed by atoms with Gasteiger partial charge in [0, 0.05) is 19.0 Å². The fraction of sp³-hybridized carbons (Fsp3) is 0.867. The lowest BCUT2D eigenvalue weighted by Crippen LogP contribution is -2.44. The number of nitrogens with one attached hydrogen (secondary N) is 1. The quantitative estimate of drug-likeness (QED) is 0.909. The van der Waals surface area contributed by atoms with Crippen LogP contribution in [0.3, 0.4) is 0 Å². The van der Waals surface area contributed by atoms with E-state index in [1.165, 1.54) is 12.8 Å². The second-order valence-corrected chi connectivity index (χ2v) is 6.42. The minimum atomic E-state index is 0.143. The first kappa shape index (κ1) is 14.9. The summed E-state index contributed by atoms with van der Waals surface area (Å²) < 4.78 is 11.0. The van der Waals surface area contributed by atoms with E-state index < -0.39 is 0 Å². The van der Waals surface area contributed by atoms with Gasteiger partial charge >= 0.3 is 0 Å². The van der Waals surface area contributed by atoms with Crippen LogP contribution in [0.5, 0.6) is 0 Å². The van der Waals surface area contributed by atoms with Crippen LogP contribution in [0.4, 0.5) is 0 Å². The Morgan fingerprint density at radius 2 is 2.14 bits per heavy atom. The zero-order valence-electron chi connectivity index (χ0n) is 13.0. The molecule has 3 rings (SSSR count). The molecule has 1 aromatic heterocycles. The maximum atomic E-state index is 5.65. The Bertz CT molecular complexity index is 443. The fourth-order valence-corrected chi connectivity index (χ4v) is 3.11. The molecule has 2 aliphatic rings. The van der Waals surface area contributed by atoms with Gasteiger partial charge in [-0.2, -0.15) is 4.98 Å². The van der Waals surface area contributed by atoms with Crippen molar-refractivity contribution < 1.29 is 9.26 Å². The maximum Gasteiger partial charge on any atom is 0.229 e. The van der Waals surface area contributed by atoms with Gasteiger partial charge in [0.25, 0.3) is 0 Å². The SMILES string of the molecule is CC(C)c1nc(C2COCCN2CC2CCNCC2)no1. The number of rotatable bonds is 4. The lowest BCUT2D eigenvalue weighted by Gasteiger charge is -2.37. The predicted octanol–water partition coefficient (Wildman–Crippen LogP) is 1.57. The molecule has 21 heavy (non-hydrogen) atoms. The minimum Gasteiger partial charge on any atom is -0.378 e. The van der Waals surface area contributed by atoms with Crippen LogP contribution in [0, 0.1) is 5.92 Å². The van der Waals surface area contributed by atoms with Crippen LogP contribution in [0.15, 0.2) is 4.52 Å². The third-order valence-electron chi connectivity index (χ3n) is 4.44. The van der Waals surface area contributed by atoms with E-state index in [4.69, 9.17) is 9.26 Å². The van der Waals surface area contributed by atoms with Crippen molar-refractivity contribution in [2.45, 2.75) is 38.6 Å². The van der Waals surface area contributed by atoms with Gasteiger partial charge in [-0.1, -0.05) is 19.0 Å². The molecule has 0 saturated carbocycles. The molecule has 1 atom stereocenters. The highest BCUT2D eigenvalue weighted by molar-refractivity contribution is 4.99. The van der Waals surface area contributed by atoms with Crippen molar-refractivity contribution in [3.8, 4) is 0 Å². The molecule has 2 saturated heterocycles. The Kier molecular flexibility index (Phi) is 4.87. The second-order valence-electron chi connectivity index (χ2n) is 6.42. The standard InChI is InChI=1S/C15H26N4O2/c1-11(2)15-17-14(18-21-15)13-10-20-8-7-19(13)9-12-3-5-16-6-4-12/h11-13,16H,3-10H2,1-2H3. The Hall–Kier alpha value is -0.980. The molecule has 2 aliphatic heterocycles. The van der Waals surface area contributed by atoms with E-state index >= 15 is 0 Å². The molecule has 1 N–H and O–H groups in total. The van der Waals surface area contributed by atoms with Crippen molar-refractivity contribution in [1.82, 2.24) is 20.4 Å². The number of morpholine rings is 1. The summed E-state index contributed by atoms with van der Waals surface area (Å²) in [5.74, 6) is 2.54. The monoisotopic (exact) mass is 294 g/mol. The van der Waals surface area contributed by atoms with Crippen molar-refractivity contribution in [2.24, 2.45) is 5.92 Å². The van der Waals surface area contributed by atoms with Gasteiger partial charge in [0.2, 0.25) is 5.89 Å². The van der Waals surface area contributed by atoms with Crippen LogP contribution in [0.25, 0.3) is 0 Å². The van der Waals surface area contributed by atoms with Crippen molar-refractivity contribution in [3.63, 3.8) is 0 Å². The molecule has 1 unspecified atom stereocenters. The van der Waals surface area contributed by atoms with E-state index in [0.29, 0.717) is 6.61 Å². The number of aromatic nitrogens is 2. The molecule has 1 aromatic rings. The molecule has 118 valence electrons. The third-order valence-corrected chi connectivity index (χ3v) is 4.44. The van der Waals surface area contributed by atoms with Crippen molar-refractivity contribution in [2.75, 3.05) is 39.4 Å². The van der Waals surface area contributed by atoms with Crippen LogP contribution in [-0.4, -0.2) is 54.4 Å². The van der Waals surface area contributed by atoms with Crippen LogP contribution >= 0.6 is 0 Å². The lowest BCUT2D eigenvalue weighted by atomic mass is 9.96. The predicted molar refractivity (Wildman–Crippen MR) is 79.1 cm³/mol. The van der Waals surface area contributed by atoms with Gasteiger partial charge in [-0.3, -0.25) is 4.90 Å². The molecular weight excluding hydrogens is 268 g/mol. The van der Waals surface area contributed by atoms with E-state index in [-0.39, 0.29) is 12.0 Å². The first-order valence-corrected chi connectivity index (χ1v) is 8.10. The Morgan fingerprint density at radius 1 is 1.33 bits per heavy atom. The molecule has 0 radical (unpaired) electrons. The van der Waals surface area contributed by atoms with Gasteiger partial charge in [0.15, 0.2) is 5.82 Å². The average molecular weight is 294 g/mol. The maximum absolute atomic E-state index is 5.65. The zero-order chi connectivity index (χ0) is 14.7. The number of hydrogen-bond donors (Lipinski definition) is 1. The van der Waals surface area contributed by atoms with Crippen LogP contribution in [0.1, 0.15) is 50.4 Å². The number of hydrogen-bond acceptors (Lipinski definition) is 6. The van der Waals surface area contributed by atoms with Crippen molar-refractivity contribution in [3.05, 3.63) is 11.7 Å². The van der Waals surface area contributed by atoms with Crippen LogP contribution in [0.2, 0.25) is 0 Å². The Morgan fingerprint density at radius 3 is 2.86 bits per heavy atom. The van der Waals surface area contributed by atoms with Crippen LogP contribution < -0.4 is 5.32 Å². The zero-order valence-corrected chi connectivity index (χ0v) is 13.0. The minimum absolute atomic E-state index is 0.143. The molecular formula is C15H26N4O2. The van der Waals surface area contributed by atoms with E-state index in [2.05, 4.69) is 34.2 Å².